The van der Waals surface area contributed by atoms with Gasteiger partial charge in [-0.25, -0.2) is 0 Å². The highest BCUT2D eigenvalue weighted by atomic mass is 16.1. The van der Waals surface area contributed by atoms with E-state index in [1.165, 1.54) is 0 Å². The maximum absolute atomic E-state index is 12.2. The van der Waals surface area contributed by atoms with E-state index in [1.807, 2.05) is 0 Å². The van der Waals surface area contributed by atoms with Crippen LogP contribution in [0.2, 0.25) is 0 Å². The van der Waals surface area contributed by atoms with E-state index in [-0.39, 0.29) is 5.91 Å². The molecule has 7 nitrogen and oxygen atoms in total. The first-order valence-corrected chi connectivity index (χ1v) is 7.58. The maximum atomic E-state index is 12.2. The molecule has 0 spiro atoms. The maximum Gasteiger partial charge on any atom is 0.272 e. The molecule has 0 aromatic carbocycles. The lowest BCUT2D eigenvalue weighted by molar-refractivity contribution is 0.0948. The number of rotatable bonds is 4. The SMILES string of the molecule is O=C(NCCc1nnc2n1CCC2)c1n[nH]c2c1CCC2. The van der Waals surface area contributed by atoms with Gasteiger partial charge in [0.1, 0.15) is 11.6 Å². The number of fused-ring (bicyclic) bond motifs is 2. The number of amides is 1. The Kier molecular flexibility index (Phi) is 2.98. The molecule has 0 fully saturated rings. The summed E-state index contributed by atoms with van der Waals surface area (Å²) in [6, 6.07) is 0. The minimum atomic E-state index is -0.0874. The first-order valence-electron chi connectivity index (χ1n) is 7.58. The van der Waals surface area contributed by atoms with Gasteiger partial charge >= 0.3 is 0 Å². The van der Waals surface area contributed by atoms with Crippen molar-refractivity contribution in [2.75, 3.05) is 6.54 Å². The Hall–Kier alpha value is -2.18. The molecule has 0 radical (unpaired) electrons. The number of hydrogen-bond donors (Lipinski definition) is 2. The summed E-state index contributed by atoms with van der Waals surface area (Å²) < 4.78 is 2.17. The average molecular weight is 286 g/mol. The van der Waals surface area contributed by atoms with Crippen molar-refractivity contribution in [2.24, 2.45) is 0 Å². The molecule has 1 aliphatic heterocycles. The first kappa shape index (κ1) is 12.6. The molecule has 0 unspecified atom stereocenters. The summed E-state index contributed by atoms with van der Waals surface area (Å²) in [5.41, 5.74) is 2.78. The predicted molar refractivity (Wildman–Crippen MR) is 75.0 cm³/mol. The summed E-state index contributed by atoms with van der Waals surface area (Å²) in [5, 5.41) is 18.4. The van der Waals surface area contributed by atoms with Gasteiger partial charge < -0.3 is 9.88 Å². The Morgan fingerprint density at radius 2 is 2.19 bits per heavy atom. The molecule has 1 amide bonds. The molecule has 0 atom stereocenters. The summed E-state index contributed by atoms with van der Waals surface area (Å²) in [6.07, 6.45) is 5.93. The minimum Gasteiger partial charge on any atom is -0.350 e. The molecule has 0 saturated carbocycles. The molecule has 0 bridgehead atoms. The molecule has 2 N–H and O–H groups in total. The van der Waals surface area contributed by atoms with Crippen LogP contribution in [0.25, 0.3) is 0 Å². The molecule has 7 heteroatoms. The van der Waals surface area contributed by atoms with Gasteiger partial charge in [-0.2, -0.15) is 5.10 Å². The van der Waals surface area contributed by atoms with Crippen LogP contribution in [-0.2, 0) is 32.2 Å². The van der Waals surface area contributed by atoms with E-state index < -0.39 is 0 Å². The zero-order chi connectivity index (χ0) is 14.2. The molecule has 21 heavy (non-hydrogen) atoms. The first-order chi connectivity index (χ1) is 10.3. The molecule has 2 aromatic rings. The van der Waals surface area contributed by atoms with Crippen LogP contribution in [0.4, 0.5) is 0 Å². The van der Waals surface area contributed by atoms with Crippen LogP contribution in [0.1, 0.15) is 46.2 Å². The van der Waals surface area contributed by atoms with Gasteiger partial charge in [-0.1, -0.05) is 0 Å². The molecule has 1 aliphatic carbocycles. The van der Waals surface area contributed by atoms with Crippen molar-refractivity contribution in [1.29, 1.82) is 0 Å². The van der Waals surface area contributed by atoms with Crippen LogP contribution in [0, 0.1) is 0 Å². The molecule has 110 valence electrons. The van der Waals surface area contributed by atoms with E-state index in [4.69, 9.17) is 0 Å². The van der Waals surface area contributed by atoms with E-state index in [1.54, 1.807) is 0 Å². The zero-order valence-corrected chi connectivity index (χ0v) is 11.9. The Bertz CT molecular complexity index is 686. The second-order valence-corrected chi connectivity index (χ2v) is 5.68. The summed E-state index contributed by atoms with van der Waals surface area (Å²) in [4.78, 5) is 12.2. The number of carbonyl (C=O) groups excluding carboxylic acids is 1. The van der Waals surface area contributed by atoms with Gasteiger partial charge in [0.05, 0.1) is 0 Å². The normalized spacial score (nSPS) is 16.0. The highest BCUT2D eigenvalue weighted by Gasteiger charge is 2.23. The Morgan fingerprint density at radius 3 is 3.14 bits per heavy atom. The quantitative estimate of drug-likeness (QED) is 0.852. The monoisotopic (exact) mass is 286 g/mol. The molecule has 0 saturated heterocycles. The third-order valence-corrected chi connectivity index (χ3v) is 4.34. The van der Waals surface area contributed by atoms with Crippen molar-refractivity contribution in [3.05, 3.63) is 28.6 Å². The number of aromatic amines is 1. The van der Waals surface area contributed by atoms with E-state index in [0.29, 0.717) is 18.7 Å². The van der Waals surface area contributed by atoms with E-state index in [9.17, 15) is 4.79 Å². The van der Waals surface area contributed by atoms with Crippen LogP contribution in [0.15, 0.2) is 0 Å². The molecular weight excluding hydrogens is 268 g/mol. The Labute approximate surface area is 122 Å². The predicted octanol–water partition coefficient (Wildman–Crippen LogP) is 0.409. The third kappa shape index (κ3) is 2.12. The summed E-state index contributed by atoms with van der Waals surface area (Å²) in [6.45, 7) is 1.57. The van der Waals surface area contributed by atoms with Gasteiger partial charge in [0, 0.05) is 37.2 Å². The van der Waals surface area contributed by atoms with Crippen LogP contribution >= 0.6 is 0 Å². The average Bonchev–Trinajstić information content (AvgIpc) is 3.20. The van der Waals surface area contributed by atoms with Crippen molar-refractivity contribution in [3.63, 3.8) is 0 Å². The summed E-state index contributed by atoms with van der Waals surface area (Å²) in [5.74, 6) is 1.95. The highest BCUT2D eigenvalue weighted by molar-refractivity contribution is 5.94. The fourth-order valence-corrected chi connectivity index (χ4v) is 3.27. The van der Waals surface area contributed by atoms with Crippen LogP contribution in [-0.4, -0.2) is 37.4 Å². The van der Waals surface area contributed by atoms with Crippen molar-refractivity contribution >= 4 is 5.91 Å². The molecule has 2 aliphatic rings. The fraction of sp³-hybridized carbons (Fsp3) is 0.571. The van der Waals surface area contributed by atoms with Gasteiger partial charge in [-0.15, -0.1) is 10.2 Å². The Balaban J connectivity index is 1.37. The lowest BCUT2D eigenvalue weighted by Crippen LogP contribution is -2.27. The van der Waals surface area contributed by atoms with Crippen LogP contribution in [0.3, 0.4) is 0 Å². The van der Waals surface area contributed by atoms with Gasteiger partial charge in [0.2, 0.25) is 0 Å². The molecule has 2 aromatic heterocycles. The minimum absolute atomic E-state index is 0.0874. The van der Waals surface area contributed by atoms with Crippen molar-refractivity contribution in [2.45, 2.75) is 45.1 Å². The molecule has 3 heterocycles. The lowest BCUT2D eigenvalue weighted by atomic mass is 10.2. The number of carbonyl (C=O) groups is 1. The van der Waals surface area contributed by atoms with E-state index in [0.717, 1.165) is 61.6 Å². The van der Waals surface area contributed by atoms with Crippen molar-refractivity contribution in [3.8, 4) is 0 Å². The van der Waals surface area contributed by atoms with Gasteiger partial charge in [-0.3, -0.25) is 9.89 Å². The number of H-pyrrole nitrogens is 1. The van der Waals surface area contributed by atoms with E-state index in [2.05, 4.69) is 30.3 Å². The Morgan fingerprint density at radius 1 is 1.24 bits per heavy atom. The number of aryl methyl sites for hydroxylation is 2. The number of aromatic nitrogens is 5. The number of nitrogens with one attached hydrogen (secondary N) is 2. The third-order valence-electron chi connectivity index (χ3n) is 4.34. The fourth-order valence-electron chi connectivity index (χ4n) is 3.27. The second kappa shape index (κ2) is 4.98. The number of hydrogen-bond acceptors (Lipinski definition) is 4. The van der Waals surface area contributed by atoms with Gasteiger partial charge in [-0.05, 0) is 25.7 Å². The van der Waals surface area contributed by atoms with Gasteiger partial charge in [0.25, 0.3) is 5.91 Å². The standard InChI is InChI=1S/C14H18N6O/c21-14(13-9-3-1-4-10(9)16-19-13)15-7-6-12-18-17-11-5-2-8-20(11)12/h1-8H2,(H,15,21)(H,16,19). The summed E-state index contributed by atoms with van der Waals surface area (Å²) >= 11 is 0. The zero-order valence-electron chi connectivity index (χ0n) is 11.9. The number of nitrogens with zero attached hydrogens (tertiary/aromatic N) is 4. The topological polar surface area (TPSA) is 88.5 Å². The lowest BCUT2D eigenvalue weighted by Gasteiger charge is -2.05. The van der Waals surface area contributed by atoms with Crippen LogP contribution < -0.4 is 5.32 Å². The highest BCUT2D eigenvalue weighted by Crippen LogP contribution is 2.22. The van der Waals surface area contributed by atoms with Crippen molar-refractivity contribution < 1.29 is 4.79 Å². The van der Waals surface area contributed by atoms with Crippen LogP contribution in [0.5, 0.6) is 0 Å². The summed E-state index contributed by atoms with van der Waals surface area (Å²) in [7, 11) is 0. The smallest absolute Gasteiger partial charge is 0.272 e. The largest absolute Gasteiger partial charge is 0.350 e. The molecule has 4 rings (SSSR count). The van der Waals surface area contributed by atoms with E-state index >= 15 is 0 Å². The second-order valence-electron chi connectivity index (χ2n) is 5.68. The van der Waals surface area contributed by atoms with Crippen molar-refractivity contribution in [1.82, 2.24) is 30.3 Å². The van der Waals surface area contributed by atoms with Gasteiger partial charge in [0.15, 0.2) is 5.69 Å². The molecular formula is C14H18N6O.